The number of hydrogen-bond donors (Lipinski definition) is 1. The smallest absolute Gasteiger partial charge is 0.341 e. The molecule has 1 N–H and O–H groups in total. The van der Waals surface area contributed by atoms with Crippen LogP contribution < -0.4 is 10.2 Å². The summed E-state index contributed by atoms with van der Waals surface area (Å²) >= 11 is 0. The van der Waals surface area contributed by atoms with Gasteiger partial charge in [-0.3, -0.25) is 4.79 Å². The normalized spacial score (nSPS) is 21.3. The number of nitrogens with one attached hydrogen (secondary N) is 1. The number of carbonyl (C=O) groups excluding carboxylic acids is 2. The second-order valence-electron chi connectivity index (χ2n) is 9.73. The second-order valence-corrected chi connectivity index (χ2v) is 11.7. The van der Waals surface area contributed by atoms with E-state index in [9.17, 15) is 18.0 Å². The molecule has 1 aromatic carbocycles. The van der Waals surface area contributed by atoms with Gasteiger partial charge in [-0.1, -0.05) is 25.7 Å². The number of nitrogens with zero attached hydrogens (tertiary/aromatic N) is 2. The van der Waals surface area contributed by atoms with E-state index in [-0.39, 0.29) is 22.4 Å². The molecular formula is C25H37N3O5S. The van der Waals surface area contributed by atoms with Gasteiger partial charge in [-0.2, -0.15) is 4.31 Å². The Morgan fingerprint density at radius 1 is 0.941 bits per heavy atom. The van der Waals surface area contributed by atoms with Crippen LogP contribution in [-0.2, 0) is 19.6 Å². The van der Waals surface area contributed by atoms with E-state index in [1.165, 1.54) is 16.8 Å². The minimum absolute atomic E-state index is 0.101. The first kappa shape index (κ1) is 25.0. The van der Waals surface area contributed by atoms with Gasteiger partial charge in [0.1, 0.15) is 0 Å². The molecular weight excluding hydrogens is 454 g/mol. The first-order valence-corrected chi connectivity index (χ1v) is 14.2. The topological polar surface area (TPSA) is 96.0 Å². The molecule has 0 radical (unpaired) electrons. The Morgan fingerprint density at radius 3 is 2.24 bits per heavy atom. The molecule has 1 saturated carbocycles. The lowest BCUT2D eigenvalue weighted by Crippen LogP contribution is -2.43. The SMILES string of the molecule is CC(OC(=O)c1cc(S(=O)(=O)N2CCCCC2)ccc1N1CCCC1)C(=O)NC1CCCCC1. The maximum absolute atomic E-state index is 13.2. The van der Waals surface area contributed by atoms with E-state index >= 15 is 0 Å². The Bertz CT molecular complexity index is 978. The van der Waals surface area contributed by atoms with Gasteiger partial charge < -0.3 is 15.0 Å². The van der Waals surface area contributed by atoms with Gasteiger partial charge in [0.05, 0.1) is 16.1 Å². The molecule has 188 valence electrons. The number of amides is 1. The van der Waals surface area contributed by atoms with Crippen LogP contribution in [0.5, 0.6) is 0 Å². The number of ether oxygens (including phenoxy) is 1. The Morgan fingerprint density at radius 2 is 1.56 bits per heavy atom. The predicted octanol–water partition coefficient (Wildman–Crippen LogP) is 3.46. The van der Waals surface area contributed by atoms with Crippen molar-refractivity contribution in [2.75, 3.05) is 31.1 Å². The molecule has 0 aromatic heterocycles. The van der Waals surface area contributed by atoms with E-state index in [0.29, 0.717) is 18.8 Å². The van der Waals surface area contributed by atoms with Gasteiger partial charge in [0, 0.05) is 32.2 Å². The van der Waals surface area contributed by atoms with Gasteiger partial charge in [-0.25, -0.2) is 13.2 Å². The highest BCUT2D eigenvalue weighted by Crippen LogP contribution is 2.30. The average molecular weight is 492 g/mol. The van der Waals surface area contributed by atoms with Gasteiger partial charge >= 0.3 is 5.97 Å². The molecule has 1 aromatic rings. The van der Waals surface area contributed by atoms with Gasteiger partial charge in [-0.15, -0.1) is 0 Å². The second kappa shape index (κ2) is 11.1. The third-order valence-electron chi connectivity index (χ3n) is 7.19. The Kier molecular flexibility index (Phi) is 8.14. The number of sulfonamides is 1. The fraction of sp³-hybridized carbons (Fsp3) is 0.680. The molecule has 0 bridgehead atoms. The quantitative estimate of drug-likeness (QED) is 0.587. The molecule has 3 aliphatic rings. The zero-order chi connectivity index (χ0) is 24.1. The van der Waals surface area contributed by atoms with E-state index in [0.717, 1.165) is 70.9 Å². The number of piperidine rings is 1. The van der Waals surface area contributed by atoms with Crippen LogP contribution in [0.4, 0.5) is 5.69 Å². The van der Waals surface area contributed by atoms with Crippen LogP contribution >= 0.6 is 0 Å². The van der Waals surface area contributed by atoms with Crippen molar-refractivity contribution in [3.05, 3.63) is 23.8 Å². The van der Waals surface area contributed by atoms with Crippen LogP contribution in [-0.4, -0.2) is 62.9 Å². The third-order valence-corrected chi connectivity index (χ3v) is 9.09. The number of hydrogen-bond acceptors (Lipinski definition) is 6. The predicted molar refractivity (Wildman–Crippen MR) is 130 cm³/mol. The first-order chi connectivity index (χ1) is 16.4. The average Bonchev–Trinajstić information content (AvgIpc) is 3.39. The maximum Gasteiger partial charge on any atom is 0.341 e. The zero-order valence-electron chi connectivity index (χ0n) is 20.1. The summed E-state index contributed by atoms with van der Waals surface area (Å²) in [7, 11) is -3.69. The van der Waals surface area contributed by atoms with Crippen LogP contribution in [0.3, 0.4) is 0 Å². The molecule has 9 heteroatoms. The molecule has 1 atom stereocenters. The molecule has 2 aliphatic heterocycles. The summed E-state index contributed by atoms with van der Waals surface area (Å²) in [4.78, 5) is 28.1. The van der Waals surface area contributed by atoms with Crippen molar-refractivity contribution in [3.8, 4) is 0 Å². The standard InChI is InChI=1S/C25H37N3O5S/c1-19(24(29)26-20-10-4-2-5-11-20)33-25(30)22-18-21(12-13-23(22)27-14-8-9-15-27)34(31,32)28-16-6-3-7-17-28/h12-13,18-20H,2-11,14-17H2,1H3,(H,26,29). The molecule has 1 unspecified atom stereocenters. The summed E-state index contributed by atoms with van der Waals surface area (Å²) in [6, 6.07) is 4.87. The fourth-order valence-electron chi connectivity index (χ4n) is 5.17. The summed E-state index contributed by atoms with van der Waals surface area (Å²) in [5, 5.41) is 2.99. The lowest BCUT2D eigenvalue weighted by molar-refractivity contribution is -0.130. The summed E-state index contributed by atoms with van der Waals surface area (Å²) in [5.74, 6) is -0.969. The summed E-state index contributed by atoms with van der Waals surface area (Å²) in [5.41, 5.74) is 0.872. The highest BCUT2D eigenvalue weighted by atomic mass is 32.2. The van der Waals surface area contributed by atoms with E-state index < -0.39 is 22.1 Å². The molecule has 1 amide bonds. The van der Waals surface area contributed by atoms with Gasteiger partial charge in [-0.05, 0) is 63.6 Å². The zero-order valence-corrected chi connectivity index (χ0v) is 20.9. The minimum atomic E-state index is -3.69. The van der Waals surface area contributed by atoms with Crippen LogP contribution in [0.25, 0.3) is 0 Å². The van der Waals surface area contributed by atoms with Crippen LogP contribution in [0.15, 0.2) is 23.1 Å². The third kappa shape index (κ3) is 5.74. The lowest BCUT2D eigenvalue weighted by Gasteiger charge is -2.27. The maximum atomic E-state index is 13.2. The minimum Gasteiger partial charge on any atom is -0.449 e. The van der Waals surface area contributed by atoms with Crippen LogP contribution in [0, 0.1) is 0 Å². The van der Waals surface area contributed by atoms with E-state index in [1.54, 1.807) is 19.1 Å². The van der Waals surface area contributed by atoms with Crippen molar-refractivity contribution in [1.82, 2.24) is 9.62 Å². The monoisotopic (exact) mass is 491 g/mol. The molecule has 1 aliphatic carbocycles. The number of esters is 1. The van der Waals surface area contributed by atoms with E-state index in [1.807, 2.05) is 0 Å². The van der Waals surface area contributed by atoms with Crippen molar-refractivity contribution in [1.29, 1.82) is 0 Å². The fourth-order valence-corrected chi connectivity index (χ4v) is 6.71. The highest BCUT2D eigenvalue weighted by molar-refractivity contribution is 7.89. The summed E-state index contributed by atoms with van der Waals surface area (Å²) in [6.45, 7) is 4.16. The van der Waals surface area contributed by atoms with Gasteiger partial charge in [0.2, 0.25) is 10.0 Å². The molecule has 2 heterocycles. The van der Waals surface area contributed by atoms with Crippen molar-refractivity contribution in [2.24, 2.45) is 0 Å². The first-order valence-electron chi connectivity index (χ1n) is 12.8. The number of carbonyl (C=O) groups is 2. The molecule has 3 fully saturated rings. The van der Waals surface area contributed by atoms with Crippen molar-refractivity contribution < 1.29 is 22.7 Å². The van der Waals surface area contributed by atoms with Gasteiger partial charge in [0.15, 0.2) is 6.10 Å². The summed E-state index contributed by atoms with van der Waals surface area (Å²) in [6.07, 6.45) is 9.05. The molecule has 2 saturated heterocycles. The lowest BCUT2D eigenvalue weighted by atomic mass is 9.95. The van der Waals surface area contributed by atoms with Crippen molar-refractivity contribution in [2.45, 2.75) is 88.2 Å². The van der Waals surface area contributed by atoms with Crippen molar-refractivity contribution in [3.63, 3.8) is 0 Å². The number of benzene rings is 1. The van der Waals surface area contributed by atoms with Crippen molar-refractivity contribution >= 4 is 27.6 Å². The Balaban J connectivity index is 1.54. The largest absolute Gasteiger partial charge is 0.449 e. The number of rotatable bonds is 7. The molecule has 0 spiro atoms. The molecule has 8 nitrogen and oxygen atoms in total. The Hall–Kier alpha value is -2.13. The van der Waals surface area contributed by atoms with E-state index in [4.69, 9.17) is 4.74 Å². The van der Waals surface area contributed by atoms with Crippen LogP contribution in [0.2, 0.25) is 0 Å². The summed E-state index contributed by atoms with van der Waals surface area (Å²) < 4.78 is 33.5. The van der Waals surface area contributed by atoms with E-state index in [2.05, 4.69) is 10.2 Å². The Labute approximate surface area is 203 Å². The highest BCUT2D eigenvalue weighted by Gasteiger charge is 2.30. The molecule has 34 heavy (non-hydrogen) atoms. The van der Waals surface area contributed by atoms with Gasteiger partial charge in [0.25, 0.3) is 5.91 Å². The number of anilines is 1. The van der Waals surface area contributed by atoms with Crippen LogP contribution in [0.1, 0.15) is 81.5 Å². The molecule has 4 rings (SSSR count).